The van der Waals surface area contributed by atoms with Crippen molar-refractivity contribution in [2.24, 2.45) is 0 Å². The van der Waals surface area contributed by atoms with Gasteiger partial charge < -0.3 is 14.9 Å². The number of hydrogen-bond donors (Lipinski definition) is 2. The first kappa shape index (κ1) is 15.2. The second-order valence-corrected chi connectivity index (χ2v) is 6.94. The van der Waals surface area contributed by atoms with Gasteiger partial charge in [0.1, 0.15) is 11.5 Å². The molecule has 0 fully saturated rings. The van der Waals surface area contributed by atoms with Crippen LogP contribution in [0.1, 0.15) is 27.3 Å². The van der Waals surface area contributed by atoms with Crippen LogP contribution in [0, 0.1) is 12.7 Å². The zero-order valence-corrected chi connectivity index (χ0v) is 14.4. The van der Waals surface area contributed by atoms with Crippen LogP contribution in [0.5, 0.6) is 0 Å². The summed E-state index contributed by atoms with van der Waals surface area (Å²) >= 11 is 0. The Hall–Kier alpha value is -3.08. The van der Waals surface area contributed by atoms with Crippen LogP contribution in [0.15, 0.2) is 42.5 Å². The molecule has 2 N–H and O–H groups in total. The molecule has 0 aliphatic carbocycles. The monoisotopic (exact) mass is 347 g/mol. The summed E-state index contributed by atoms with van der Waals surface area (Å²) in [6.07, 6.45) is 0.703. The number of aromatic nitrogens is 2. The van der Waals surface area contributed by atoms with Crippen molar-refractivity contribution in [1.29, 1.82) is 0 Å². The second kappa shape index (κ2) is 5.46. The fraction of sp³-hybridized carbons (Fsp3) is 0.190. The molecule has 5 rings (SSSR count). The summed E-state index contributed by atoms with van der Waals surface area (Å²) in [6.45, 7) is 3.09. The van der Waals surface area contributed by atoms with E-state index < -0.39 is 0 Å². The highest BCUT2D eigenvalue weighted by Crippen LogP contribution is 2.32. The van der Waals surface area contributed by atoms with E-state index in [1.165, 1.54) is 6.07 Å². The first-order chi connectivity index (χ1) is 12.6. The van der Waals surface area contributed by atoms with Crippen LogP contribution < -0.4 is 0 Å². The van der Waals surface area contributed by atoms with Gasteiger partial charge in [-0.3, -0.25) is 4.79 Å². The fourth-order valence-corrected chi connectivity index (χ4v) is 4.01. The van der Waals surface area contributed by atoms with Crippen molar-refractivity contribution in [2.75, 3.05) is 6.54 Å². The number of nitrogens with one attached hydrogen (secondary N) is 2. The topological polar surface area (TPSA) is 51.9 Å². The van der Waals surface area contributed by atoms with Gasteiger partial charge >= 0.3 is 0 Å². The van der Waals surface area contributed by atoms with Crippen molar-refractivity contribution in [3.05, 3.63) is 70.8 Å². The maximum atomic E-state index is 14.2. The summed E-state index contributed by atoms with van der Waals surface area (Å²) in [7, 11) is 0. The van der Waals surface area contributed by atoms with Gasteiger partial charge in [-0.1, -0.05) is 24.3 Å². The van der Waals surface area contributed by atoms with E-state index in [9.17, 15) is 9.18 Å². The number of aromatic amines is 2. The van der Waals surface area contributed by atoms with E-state index in [0.717, 1.165) is 33.1 Å². The predicted molar refractivity (Wildman–Crippen MR) is 99.7 cm³/mol. The normalized spacial score (nSPS) is 14.2. The number of benzene rings is 2. The first-order valence-corrected chi connectivity index (χ1v) is 8.77. The Morgan fingerprint density at radius 1 is 1.15 bits per heavy atom. The van der Waals surface area contributed by atoms with E-state index in [2.05, 4.69) is 9.97 Å². The van der Waals surface area contributed by atoms with Crippen LogP contribution in [0.2, 0.25) is 0 Å². The standard InChI is InChI=1S/C21H18FN3O/c1-12-6-7-15(22)20-19(12)14-11-25(9-8-17(14)24-20)21(26)18-10-13-4-2-3-5-16(13)23-18/h2-7,10,23-24H,8-9,11H2,1H3. The van der Waals surface area contributed by atoms with Crippen LogP contribution >= 0.6 is 0 Å². The van der Waals surface area contributed by atoms with Crippen molar-refractivity contribution in [1.82, 2.24) is 14.9 Å². The molecular weight excluding hydrogens is 329 g/mol. The molecule has 0 radical (unpaired) electrons. The predicted octanol–water partition coefficient (Wildman–Crippen LogP) is 4.30. The van der Waals surface area contributed by atoms with Gasteiger partial charge in [-0.05, 0) is 30.7 Å². The molecule has 5 heteroatoms. The quantitative estimate of drug-likeness (QED) is 0.530. The van der Waals surface area contributed by atoms with E-state index in [-0.39, 0.29) is 11.7 Å². The van der Waals surface area contributed by atoms with Crippen molar-refractivity contribution in [3.8, 4) is 0 Å². The SMILES string of the molecule is Cc1ccc(F)c2[nH]c3c(c12)CN(C(=O)c1cc2ccccc2[nH]1)CC3. The van der Waals surface area contributed by atoms with Gasteiger partial charge in [0, 0.05) is 47.1 Å². The third-order valence-electron chi connectivity index (χ3n) is 5.33. The summed E-state index contributed by atoms with van der Waals surface area (Å²) in [5.74, 6) is -0.260. The van der Waals surface area contributed by atoms with Gasteiger partial charge in [0.15, 0.2) is 0 Å². The molecule has 2 aromatic carbocycles. The molecule has 0 unspecified atom stereocenters. The molecule has 1 aliphatic heterocycles. The molecule has 1 amide bonds. The van der Waals surface area contributed by atoms with Crippen LogP contribution in [-0.2, 0) is 13.0 Å². The van der Waals surface area contributed by atoms with E-state index in [1.807, 2.05) is 42.2 Å². The lowest BCUT2D eigenvalue weighted by molar-refractivity contribution is 0.0730. The van der Waals surface area contributed by atoms with Crippen LogP contribution in [0.25, 0.3) is 21.8 Å². The Morgan fingerprint density at radius 3 is 2.85 bits per heavy atom. The van der Waals surface area contributed by atoms with Crippen molar-refractivity contribution in [3.63, 3.8) is 0 Å². The molecular formula is C21H18FN3O. The molecule has 26 heavy (non-hydrogen) atoms. The van der Waals surface area contributed by atoms with Gasteiger partial charge in [-0.2, -0.15) is 0 Å². The average Bonchev–Trinajstić information content (AvgIpc) is 3.25. The molecule has 4 nitrogen and oxygen atoms in total. The van der Waals surface area contributed by atoms with Crippen LogP contribution in [-0.4, -0.2) is 27.3 Å². The zero-order valence-electron chi connectivity index (χ0n) is 14.4. The molecule has 3 heterocycles. The highest BCUT2D eigenvalue weighted by molar-refractivity contribution is 5.98. The number of fused-ring (bicyclic) bond motifs is 4. The molecule has 0 bridgehead atoms. The zero-order chi connectivity index (χ0) is 17.8. The van der Waals surface area contributed by atoms with Crippen molar-refractivity contribution in [2.45, 2.75) is 19.9 Å². The Labute approximate surface area is 149 Å². The van der Waals surface area contributed by atoms with Gasteiger partial charge in [0.25, 0.3) is 5.91 Å². The van der Waals surface area contributed by atoms with Crippen LogP contribution in [0.3, 0.4) is 0 Å². The minimum atomic E-state index is -0.242. The fourth-order valence-electron chi connectivity index (χ4n) is 4.01. The smallest absolute Gasteiger partial charge is 0.270 e. The number of halogens is 1. The Bertz CT molecular complexity index is 1140. The van der Waals surface area contributed by atoms with Crippen molar-refractivity contribution < 1.29 is 9.18 Å². The average molecular weight is 347 g/mol. The summed E-state index contributed by atoms with van der Waals surface area (Å²) in [6, 6.07) is 13.0. The number of amides is 1. The van der Waals surface area contributed by atoms with Crippen LogP contribution in [0.4, 0.5) is 4.39 Å². The largest absolute Gasteiger partial charge is 0.356 e. The van der Waals surface area contributed by atoms with Gasteiger partial charge in [0.05, 0.1) is 5.52 Å². The summed E-state index contributed by atoms with van der Waals surface area (Å²) in [5.41, 5.74) is 5.20. The summed E-state index contributed by atoms with van der Waals surface area (Å²) in [5, 5.41) is 1.94. The number of carbonyl (C=O) groups is 1. The van der Waals surface area contributed by atoms with Gasteiger partial charge in [-0.15, -0.1) is 0 Å². The number of rotatable bonds is 1. The Balaban J connectivity index is 1.53. The van der Waals surface area contributed by atoms with E-state index in [0.29, 0.717) is 30.7 Å². The minimum absolute atomic E-state index is 0.0183. The number of para-hydroxylation sites is 1. The van der Waals surface area contributed by atoms with Crippen molar-refractivity contribution >= 4 is 27.7 Å². The molecule has 2 aromatic heterocycles. The third-order valence-corrected chi connectivity index (χ3v) is 5.33. The van der Waals surface area contributed by atoms with E-state index in [1.54, 1.807) is 6.07 Å². The summed E-state index contributed by atoms with van der Waals surface area (Å²) in [4.78, 5) is 21.3. The Kier molecular flexibility index (Phi) is 3.19. The minimum Gasteiger partial charge on any atom is -0.356 e. The third kappa shape index (κ3) is 2.17. The van der Waals surface area contributed by atoms with E-state index >= 15 is 0 Å². The lowest BCUT2D eigenvalue weighted by atomic mass is 10.0. The molecule has 130 valence electrons. The maximum Gasteiger partial charge on any atom is 0.270 e. The number of nitrogens with zero attached hydrogens (tertiary/aromatic N) is 1. The molecule has 1 aliphatic rings. The molecule has 0 spiro atoms. The number of hydrogen-bond acceptors (Lipinski definition) is 1. The number of carbonyl (C=O) groups excluding carboxylic acids is 1. The molecule has 0 atom stereocenters. The van der Waals surface area contributed by atoms with Gasteiger partial charge in [-0.25, -0.2) is 4.39 Å². The highest BCUT2D eigenvalue weighted by atomic mass is 19.1. The molecule has 0 saturated heterocycles. The number of aryl methyl sites for hydroxylation is 1. The second-order valence-electron chi connectivity index (χ2n) is 6.94. The lowest BCUT2D eigenvalue weighted by Gasteiger charge is -2.27. The van der Waals surface area contributed by atoms with E-state index in [4.69, 9.17) is 0 Å². The maximum absolute atomic E-state index is 14.2. The van der Waals surface area contributed by atoms with Gasteiger partial charge in [0.2, 0.25) is 0 Å². The Morgan fingerprint density at radius 2 is 2.00 bits per heavy atom. The summed E-state index contributed by atoms with van der Waals surface area (Å²) < 4.78 is 14.2. The molecule has 4 aromatic rings. The lowest BCUT2D eigenvalue weighted by Crippen LogP contribution is -2.36. The first-order valence-electron chi connectivity index (χ1n) is 8.77. The highest BCUT2D eigenvalue weighted by Gasteiger charge is 2.27. The number of H-pyrrole nitrogens is 2. The molecule has 0 saturated carbocycles.